The molecular weight excluding hydrogens is 270 g/mol. The standard InChI is InChI=1S/C13H16ClNO4/c1-7-5-6-8(11(16)17)10(9(7)14)15-12(18)19-13(2,3)4/h5-6H,1-4H3,(H,15,18)(H,16,17). The molecule has 1 amide bonds. The molecule has 0 atom stereocenters. The van der Waals surface area contributed by atoms with E-state index in [9.17, 15) is 9.59 Å². The van der Waals surface area contributed by atoms with Crippen molar-refractivity contribution in [2.75, 3.05) is 5.32 Å². The first-order valence-electron chi connectivity index (χ1n) is 5.64. The quantitative estimate of drug-likeness (QED) is 0.869. The topological polar surface area (TPSA) is 75.6 Å². The third-order valence-electron chi connectivity index (χ3n) is 2.19. The van der Waals surface area contributed by atoms with Gasteiger partial charge >= 0.3 is 12.1 Å². The lowest BCUT2D eigenvalue weighted by molar-refractivity contribution is 0.0636. The zero-order valence-electron chi connectivity index (χ0n) is 11.2. The maximum atomic E-state index is 11.7. The fourth-order valence-corrected chi connectivity index (χ4v) is 1.60. The largest absolute Gasteiger partial charge is 0.478 e. The zero-order chi connectivity index (χ0) is 14.8. The summed E-state index contributed by atoms with van der Waals surface area (Å²) >= 11 is 6.02. The molecule has 1 aromatic carbocycles. The number of rotatable bonds is 2. The third kappa shape index (κ3) is 4.13. The van der Waals surface area contributed by atoms with Crippen molar-refractivity contribution >= 4 is 29.4 Å². The Hall–Kier alpha value is -1.75. The molecule has 0 saturated carbocycles. The number of anilines is 1. The summed E-state index contributed by atoms with van der Waals surface area (Å²) in [6.07, 6.45) is -0.748. The molecule has 5 nitrogen and oxygen atoms in total. The molecule has 0 heterocycles. The Morgan fingerprint density at radius 3 is 2.37 bits per heavy atom. The van der Waals surface area contributed by atoms with Crippen molar-refractivity contribution in [2.45, 2.75) is 33.3 Å². The average molecular weight is 286 g/mol. The number of nitrogens with one attached hydrogen (secondary N) is 1. The Morgan fingerprint density at radius 1 is 1.32 bits per heavy atom. The van der Waals surface area contributed by atoms with Crippen LogP contribution in [0.1, 0.15) is 36.7 Å². The Morgan fingerprint density at radius 2 is 1.89 bits per heavy atom. The van der Waals surface area contributed by atoms with Crippen molar-refractivity contribution in [3.05, 3.63) is 28.3 Å². The van der Waals surface area contributed by atoms with E-state index in [2.05, 4.69) is 5.32 Å². The highest BCUT2D eigenvalue weighted by molar-refractivity contribution is 6.35. The second-order valence-corrected chi connectivity index (χ2v) is 5.43. The molecule has 104 valence electrons. The number of benzene rings is 1. The van der Waals surface area contributed by atoms with E-state index >= 15 is 0 Å². The van der Waals surface area contributed by atoms with Crippen LogP contribution in [0, 0.1) is 6.92 Å². The molecular formula is C13H16ClNO4. The Bertz CT molecular complexity index is 520. The Kier molecular flexibility index (Phi) is 4.42. The predicted molar refractivity (Wildman–Crippen MR) is 73.0 cm³/mol. The van der Waals surface area contributed by atoms with Crippen LogP contribution in [-0.2, 0) is 4.74 Å². The molecule has 1 rings (SSSR count). The van der Waals surface area contributed by atoms with Crippen LogP contribution in [0.25, 0.3) is 0 Å². The van der Waals surface area contributed by atoms with E-state index in [1.165, 1.54) is 6.07 Å². The molecule has 0 spiro atoms. The lowest BCUT2D eigenvalue weighted by atomic mass is 10.1. The minimum absolute atomic E-state index is 0.0448. The average Bonchev–Trinajstić information content (AvgIpc) is 2.21. The van der Waals surface area contributed by atoms with E-state index in [1.54, 1.807) is 33.8 Å². The lowest BCUT2D eigenvalue weighted by Gasteiger charge is -2.20. The van der Waals surface area contributed by atoms with Crippen LogP contribution >= 0.6 is 11.6 Å². The van der Waals surface area contributed by atoms with Gasteiger partial charge in [0.15, 0.2) is 0 Å². The second kappa shape index (κ2) is 5.48. The van der Waals surface area contributed by atoms with E-state index in [0.29, 0.717) is 5.56 Å². The maximum Gasteiger partial charge on any atom is 0.412 e. The first-order chi connectivity index (χ1) is 8.61. The zero-order valence-corrected chi connectivity index (χ0v) is 12.0. The van der Waals surface area contributed by atoms with Gasteiger partial charge in [-0.2, -0.15) is 0 Å². The van der Waals surface area contributed by atoms with Crippen LogP contribution < -0.4 is 5.32 Å². The van der Waals surface area contributed by atoms with E-state index in [4.69, 9.17) is 21.4 Å². The highest BCUT2D eigenvalue weighted by Crippen LogP contribution is 2.30. The molecule has 0 aromatic heterocycles. The first-order valence-corrected chi connectivity index (χ1v) is 6.02. The summed E-state index contributed by atoms with van der Waals surface area (Å²) in [6, 6.07) is 2.96. The number of aromatic carboxylic acids is 1. The van der Waals surface area contributed by atoms with E-state index < -0.39 is 17.7 Å². The van der Waals surface area contributed by atoms with Gasteiger partial charge in [0.25, 0.3) is 0 Å². The molecule has 6 heteroatoms. The molecule has 2 N–H and O–H groups in total. The maximum absolute atomic E-state index is 11.7. The minimum atomic E-state index is -1.17. The van der Waals surface area contributed by atoms with Gasteiger partial charge in [-0.25, -0.2) is 9.59 Å². The number of carbonyl (C=O) groups excluding carboxylic acids is 1. The van der Waals surface area contributed by atoms with Crippen LogP contribution in [0.2, 0.25) is 5.02 Å². The molecule has 0 bridgehead atoms. The summed E-state index contributed by atoms with van der Waals surface area (Å²) in [5.74, 6) is -1.17. The van der Waals surface area contributed by atoms with Gasteiger partial charge in [-0.05, 0) is 39.3 Å². The summed E-state index contributed by atoms with van der Waals surface area (Å²) in [5.41, 5.74) is -0.0494. The van der Waals surface area contributed by atoms with Crippen LogP contribution in [0.5, 0.6) is 0 Å². The molecule has 1 aromatic rings. The fourth-order valence-electron chi connectivity index (χ4n) is 1.39. The molecule has 0 aliphatic carbocycles. The van der Waals surface area contributed by atoms with Gasteiger partial charge in [-0.1, -0.05) is 17.7 Å². The number of hydrogen-bond donors (Lipinski definition) is 2. The summed E-state index contributed by atoms with van der Waals surface area (Å²) in [7, 11) is 0. The SMILES string of the molecule is Cc1ccc(C(=O)O)c(NC(=O)OC(C)(C)C)c1Cl. The molecule has 0 fully saturated rings. The van der Waals surface area contributed by atoms with Crippen LogP contribution in [0.15, 0.2) is 12.1 Å². The second-order valence-electron chi connectivity index (χ2n) is 5.05. The molecule has 0 unspecified atom stereocenters. The lowest BCUT2D eigenvalue weighted by Crippen LogP contribution is -2.28. The van der Waals surface area contributed by atoms with Crippen molar-refractivity contribution in [3.8, 4) is 0 Å². The van der Waals surface area contributed by atoms with Gasteiger partial charge in [0, 0.05) is 0 Å². The van der Waals surface area contributed by atoms with Crippen LogP contribution in [-0.4, -0.2) is 22.8 Å². The summed E-state index contributed by atoms with van der Waals surface area (Å²) in [4.78, 5) is 22.8. The monoisotopic (exact) mass is 285 g/mol. The van der Waals surface area contributed by atoms with Crippen LogP contribution in [0.4, 0.5) is 10.5 Å². The number of amides is 1. The number of carbonyl (C=O) groups is 2. The Labute approximate surface area is 116 Å². The van der Waals surface area contributed by atoms with E-state index in [-0.39, 0.29) is 16.3 Å². The van der Waals surface area contributed by atoms with Crippen molar-refractivity contribution in [2.24, 2.45) is 0 Å². The fraction of sp³-hybridized carbons (Fsp3) is 0.385. The highest BCUT2D eigenvalue weighted by Gasteiger charge is 2.21. The summed E-state index contributed by atoms with van der Waals surface area (Å²) in [5, 5.41) is 11.6. The van der Waals surface area contributed by atoms with Gasteiger partial charge in [-0.15, -0.1) is 0 Å². The molecule has 0 radical (unpaired) electrons. The summed E-state index contributed by atoms with van der Waals surface area (Å²) < 4.78 is 5.07. The predicted octanol–water partition coefficient (Wildman–Crippen LogP) is 3.69. The van der Waals surface area contributed by atoms with Crippen LogP contribution in [0.3, 0.4) is 0 Å². The minimum Gasteiger partial charge on any atom is -0.478 e. The number of carboxylic acid groups (broad SMARTS) is 1. The van der Waals surface area contributed by atoms with E-state index in [0.717, 1.165) is 0 Å². The van der Waals surface area contributed by atoms with Gasteiger partial charge in [0.1, 0.15) is 5.60 Å². The van der Waals surface area contributed by atoms with Gasteiger partial charge in [0.2, 0.25) is 0 Å². The smallest absolute Gasteiger partial charge is 0.412 e. The van der Waals surface area contributed by atoms with E-state index in [1.807, 2.05) is 0 Å². The number of hydrogen-bond acceptors (Lipinski definition) is 3. The number of aryl methyl sites for hydroxylation is 1. The normalized spacial score (nSPS) is 11.0. The molecule has 0 saturated heterocycles. The van der Waals surface area contributed by atoms with Crippen molar-refractivity contribution in [1.82, 2.24) is 0 Å². The first kappa shape index (κ1) is 15.3. The van der Waals surface area contributed by atoms with Crippen molar-refractivity contribution in [1.29, 1.82) is 0 Å². The third-order valence-corrected chi connectivity index (χ3v) is 2.68. The summed E-state index contributed by atoms with van der Waals surface area (Å²) in [6.45, 7) is 6.85. The van der Waals surface area contributed by atoms with Crippen molar-refractivity contribution < 1.29 is 19.4 Å². The number of halogens is 1. The molecule has 0 aliphatic heterocycles. The van der Waals surface area contributed by atoms with Gasteiger partial charge in [-0.3, -0.25) is 5.32 Å². The Balaban J connectivity index is 3.09. The number of ether oxygens (including phenoxy) is 1. The molecule has 0 aliphatic rings. The number of carboxylic acids is 1. The van der Waals surface area contributed by atoms with Gasteiger partial charge in [0.05, 0.1) is 16.3 Å². The van der Waals surface area contributed by atoms with Crippen molar-refractivity contribution in [3.63, 3.8) is 0 Å². The van der Waals surface area contributed by atoms with Gasteiger partial charge < -0.3 is 9.84 Å². The highest BCUT2D eigenvalue weighted by atomic mass is 35.5. The molecule has 19 heavy (non-hydrogen) atoms.